The Balaban J connectivity index is 0.00000243. The normalized spacial score (nSPS) is 21.0. The number of guanidine groups is 1. The van der Waals surface area contributed by atoms with E-state index in [2.05, 4.69) is 37.6 Å². The summed E-state index contributed by atoms with van der Waals surface area (Å²) in [4.78, 5) is 9.23. The van der Waals surface area contributed by atoms with Gasteiger partial charge in [0.25, 0.3) is 0 Å². The highest BCUT2D eigenvalue weighted by Gasteiger charge is 2.20. The predicted octanol–water partition coefficient (Wildman–Crippen LogP) is 2.65. The molecule has 0 radical (unpaired) electrons. The lowest BCUT2D eigenvalue weighted by Gasteiger charge is -2.37. The van der Waals surface area contributed by atoms with Gasteiger partial charge in [-0.05, 0) is 36.8 Å². The first-order valence-electron chi connectivity index (χ1n) is 9.30. The molecule has 0 aromatic carbocycles. The van der Waals surface area contributed by atoms with Crippen molar-refractivity contribution in [2.45, 2.75) is 25.4 Å². The Morgan fingerprint density at radius 2 is 2.23 bits per heavy atom. The van der Waals surface area contributed by atoms with Crippen LogP contribution in [-0.2, 0) is 9.47 Å². The van der Waals surface area contributed by atoms with Gasteiger partial charge in [0, 0.05) is 53.0 Å². The molecule has 0 saturated carbocycles. The lowest BCUT2D eigenvalue weighted by atomic mass is 10.2. The Labute approximate surface area is 178 Å². The Morgan fingerprint density at radius 3 is 2.88 bits per heavy atom. The monoisotopic (exact) mass is 494 g/mol. The van der Waals surface area contributed by atoms with E-state index in [9.17, 15) is 0 Å². The quantitative estimate of drug-likeness (QED) is 0.274. The van der Waals surface area contributed by atoms with Gasteiger partial charge in [0.2, 0.25) is 0 Å². The van der Waals surface area contributed by atoms with E-state index >= 15 is 0 Å². The number of halogens is 1. The number of nitrogens with one attached hydrogen (secondary N) is 1. The third-order valence-electron chi connectivity index (χ3n) is 4.69. The average molecular weight is 494 g/mol. The van der Waals surface area contributed by atoms with Gasteiger partial charge in [-0.25, -0.2) is 0 Å². The second-order valence-corrected chi connectivity index (χ2v) is 7.39. The molecule has 1 aromatic rings. The van der Waals surface area contributed by atoms with E-state index in [0.29, 0.717) is 6.10 Å². The van der Waals surface area contributed by atoms with E-state index in [1.807, 2.05) is 18.4 Å². The Bertz CT molecular complexity index is 515. The molecule has 6 nitrogen and oxygen atoms in total. The highest BCUT2D eigenvalue weighted by Crippen LogP contribution is 2.22. The average Bonchev–Trinajstić information content (AvgIpc) is 3.35. The lowest BCUT2D eigenvalue weighted by molar-refractivity contribution is 0.0168. The first-order chi connectivity index (χ1) is 12.4. The van der Waals surface area contributed by atoms with Gasteiger partial charge in [-0.3, -0.25) is 4.99 Å². The first kappa shape index (κ1) is 21.7. The molecule has 2 aliphatic heterocycles. The van der Waals surface area contributed by atoms with Gasteiger partial charge in [0.1, 0.15) is 0 Å². The van der Waals surface area contributed by atoms with Gasteiger partial charge in [-0.1, -0.05) is 0 Å². The summed E-state index contributed by atoms with van der Waals surface area (Å²) in [5.41, 5.74) is 0. The molecule has 2 fully saturated rings. The number of aliphatic imine (C=N–C) groups is 1. The summed E-state index contributed by atoms with van der Waals surface area (Å²) in [5, 5.41) is 6.97. The number of hydrogen-bond acceptors (Lipinski definition) is 5. The molecule has 1 N–H and O–H groups in total. The number of nitrogens with zero attached hydrogens (tertiary/aromatic N) is 3. The molecule has 2 aliphatic rings. The van der Waals surface area contributed by atoms with Crippen molar-refractivity contribution in [3.05, 3.63) is 17.5 Å². The van der Waals surface area contributed by atoms with E-state index in [0.717, 1.165) is 71.3 Å². The minimum absolute atomic E-state index is 0. The number of rotatable bonds is 7. The zero-order valence-corrected chi connectivity index (χ0v) is 18.7. The van der Waals surface area contributed by atoms with Crippen molar-refractivity contribution in [2.24, 2.45) is 4.99 Å². The van der Waals surface area contributed by atoms with Crippen LogP contribution in [-0.4, -0.2) is 76.6 Å². The molecule has 0 bridgehead atoms. The molecule has 0 spiro atoms. The van der Waals surface area contributed by atoms with Crippen LogP contribution in [0.25, 0.3) is 0 Å². The summed E-state index contributed by atoms with van der Waals surface area (Å²) < 4.78 is 11.3. The molecule has 2 saturated heterocycles. The second kappa shape index (κ2) is 12.0. The van der Waals surface area contributed by atoms with Crippen LogP contribution in [0.15, 0.2) is 22.5 Å². The van der Waals surface area contributed by atoms with Crippen molar-refractivity contribution in [3.63, 3.8) is 0 Å². The molecule has 1 aromatic heterocycles. The van der Waals surface area contributed by atoms with Gasteiger partial charge >= 0.3 is 0 Å². The maximum atomic E-state index is 5.71. The summed E-state index contributed by atoms with van der Waals surface area (Å²) in [6, 6.07) is 4.32. The highest BCUT2D eigenvalue weighted by atomic mass is 127. The molecule has 148 valence electrons. The molecule has 26 heavy (non-hydrogen) atoms. The Kier molecular flexibility index (Phi) is 10.0. The van der Waals surface area contributed by atoms with E-state index < -0.39 is 0 Å². The van der Waals surface area contributed by atoms with Crippen LogP contribution in [0, 0.1) is 0 Å². The fourth-order valence-corrected chi connectivity index (χ4v) is 4.07. The Morgan fingerprint density at radius 1 is 1.38 bits per heavy atom. The van der Waals surface area contributed by atoms with Gasteiger partial charge in [-0.15, -0.1) is 35.3 Å². The maximum Gasteiger partial charge on any atom is 0.193 e. The van der Waals surface area contributed by atoms with Crippen LogP contribution >= 0.6 is 35.3 Å². The zero-order valence-electron chi connectivity index (χ0n) is 15.6. The van der Waals surface area contributed by atoms with Gasteiger partial charge in [-0.2, -0.15) is 0 Å². The predicted molar refractivity (Wildman–Crippen MR) is 119 cm³/mol. The van der Waals surface area contributed by atoms with Crippen LogP contribution in [0.5, 0.6) is 0 Å². The molecule has 1 unspecified atom stereocenters. The lowest BCUT2D eigenvalue weighted by Crippen LogP contribution is -2.52. The van der Waals surface area contributed by atoms with Gasteiger partial charge in [0.05, 0.1) is 17.7 Å². The van der Waals surface area contributed by atoms with Crippen molar-refractivity contribution in [1.29, 1.82) is 0 Å². The smallest absolute Gasteiger partial charge is 0.193 e. The van der Waals surface area contributed by atoms with E-state index in [1.54, 1.807) is 0 Å². The van der Waals surface area contributed by atoms with Crippen molar-refractivity contribution in [1.82, 2.24) is 10.2 Å². The summed E-state index contributed by atoms with van der Waals surface area (Å²) in [5.74, 6) is 1.00. The van der Waals surface area contributed by atoms with Crippen molar-refractivity contribution in [2.75, 3.05) is 64.5 Å². The third kappa shape index (κ3) is 6.54. The van der Waals surface area contributed by atoms with E-state index in [-0.39, 0.29) is 24.0 Å². The molecular weight excluding hydrogens is 463 g/mol. The number of hydrogen-bond donors (Lipinski definition) is 1. The molecule has 0 amide bonds. The number of piperazine rings is 1. The molecule has 8 heteroatoms. The van der Waals surface area contributed by atoms with Crippen molar-refractivity contribution >= 4 is 46.3 Å². The van der Waals surface area contributed by atoms with Crippen molar-refractivity contribution < 1.29 is 9.47 Å². The first-order valence-corrected chi connectivity index (χ1v) is 10.2. The fourth-order valence-electron chi connectivity index (χ4n) is 3.29. The van der Waals surface area contributed by atoms with Crippen LogP contribution in [0.3, 0.4) is 0 Å². The summed E-state index contributed by atoms with van der Waals surface area (Å²) in [6.45, 7) is 7.40. The SMILES string of the molecule is CN=C(NCCCOCC1CCCO1)N1CCN(c2cccs2)CC1.I. The third-order valence-corrected chi connectivity index (χ3v) is 5.61. The summed E-state index contributed by atoms with van der Waals surface area (Å²) >= 11 is 1.81. The van der Waals surface area contributed by atoms with E-state index in [1.165, 1.54) is 11.4 Å². The largest absolute Gasteiger partial charge is 0.379 e. The van der Waals surface area contributed by atoms with Crippen LogP contribution < -0.4 is 10.2 Å². The van der Waals surface area contributed by atoms with Gasteiger partial charge in [0.15, 0.2) is 5.96 Å². The van der Waals surface area contributed by atoms with Crippen LogP contribution in [0.2, 0.25) is 0 Å². The standard InChI is InChI=1S/C18H30N4O2S.HI/c1-19-18(20-7-4-12-23-15-16-5-2-13-24-16)22-10-8-21(9-11-22)17-6-3-14-25-17;/h3,6,14,16H,2,4-5,7-13,15H2,1H3,(H,19,20);1H. The maximum absolute atomic E-state index is 5.71. The molecular formula is C18H31IN4O2S. The van der Waals surface area contributed by atoms with Crippen molar-refractivity contribution in [3.8, 4) is 0 Å². The molecule has 3 heterocycles. The molecule has 0 aliphatic carbocycles. The number of anilines is 1. The molecule has 1 atom stereocenters. The topological polar surface area (TPSA) is 49.3 Å². The minimum Gasteiger partial charge on any atom is -0.379 e. The summed E-state index contributed by atoms with van der Waals surface area (Å²) in [7, 11) is 1.86. The minimum atomic E-state index is 0. The van der Waals surface area contributed by atoms with E-state index in [4.69, 9.17) is 9.47 Å². The summed E-state index contributed by atoms with van der Waals surface area (Å²) in [6.07, 6.45) is 3.62. The van der Waals surface area contributed by atoms with Crippen LogP contribution in [0.4, 0.5) is 5.00 Å². The Hall–Kier alpha value is -0.580. The fraction of sp³-hybridized carbons (Fsp3) is 0.722. The van der Waals surface area contributed by atoms with Gasteiger partial charge < -0.3 is 24.6 Å². The highest BCUT2D eigenvalue weighted by molar-refractivity contribution is 14.0. The molecule has 3 rings (SSSR count). The van der Waals surface area contributed by atoms with Crippen LogP contribution in [0.1, 0.15) is 19.3 Å². The number of ether oxygens (including phenoxy) is 2. The number of thiophene rings is 1. The zero-order chi connectivity index (χ0) is 17.3. The second-order valence-electron chi connectivity index (χ2n) is 6.46.